The first-order valence-corrected chi connectivity index (χ1v) is 9.14. The molecule has 2 amide bonds. The smallest absolute Gasteiger partial charge is 0.339 e. The van der Waals surface area contributed by atoms with E-state index in [4.69, 9.17) is 4.74 Å². The molecule has 26 heavy (non-hydrogen) atoms. The number of nitrogens with one attached hydrogen (secondary N) is 2. The van der Waals surface area contributed by atoms with E-state index in [2.05, 4.69) is 40.1 Å². The third-order valence-electron chi connectivity index (χ3n) is 5.25. The molecule has 0 radical (unpaired) electrons. The minimum Gasteiger partial charge on any atom is -0.374 e. The van der Waals surface area contributed by atoms with Gasteiger partial charge in [-0.2, -0.15) is 5.10 Å². The molecule has 2 bridgehead atoms. The Morgan fingerprint density at radius 2 is 1.73 bits per heavy atom. The number of anilines is 1. The van der Waals surface area contributed by atoms with Crippen molar-refractivity contribution in [1.29, 1.82) is 0 Å². The number of para-hydroxylation sites is 1. The van der Waals surface area contributed by atoms with E-state index >= 15 is 0 Å². The third kappa shape index (κ3) is 3.78. The summed E-state index contributed by atoms with van der Waals surface area (Å²) in [6.07, 6.45) is 5.56. The molecule has 5 heteroatoms. The molecule has 2 saturated heterocycles. The van der Waals surface area contributed by atoms with Crippen molar-refractivity contribution >= 4 is 17.9 Å². The van der Waals surface area contributed by atoms with E-state index in [1.54, 1.807) is 0 Å². The van der Waals surface area contributed by atoms with Crippen LogP contribution in [0.3, 0.4) is 0 Å². The van der Waals surface area contributed by atoms with Crippen molar-refractivity contribution in [2.24, 2.45) is 16.9 Å². The van der Waals surface area contributed by atoms with Gasteiger partial charge in [0.05, 0.1) is 12.2 Å². The zero-order chi connectivity index (χ0) is 17.8. The molecular formula is C21H23N3O2. The summed E-state index contributed by atoms with van der Waals surface area (Å²) in [7, 11) is 0. The molecule has 2 N–H and O–H groups in total. The summed E-state index contributed by atoms with van der Waals surface area (Å²) in [5.41, 5.74) is 4.63. The Labute approximate surface area is 153 Å². The number of hydrogen-bond donors (Lipinski definition) is 2. The Bertz CT molecular complexity index is 763. The lowest BCUT2D eigenvalue weighted by Gasteiger charge is -2.25. The zero-order valence-corrected chi connectivity index (χ0v) is 14.5. The van der Waals surface area contributed by atoms with Gasteiger partial charge in [0.15, 0.2) is 0 Å². The number of ether oxygens (including phenoxy) is 1. The van der Waals surface area contributed by atoms with Gasteiger partial charge in [0.2, 0.25) is 0 Å². The number of carbonyl (C=O) groups excluding carboxylic acids is 1. The largest absolute Gasteiger partial charge is 0.374 e. The Balaban J connectivity index is 1.36. The normalized spacial score (nSPS) is 26.9. The maximum absolute atomic E-state index is 12.0. The summed E-state index contributed by atoms with van der Waals surface area (Å²) < 4.78 is 6.10. The van der Waals surface area contributed by atoms with Gasteiger partial charge in [-0.25, -0.2) is 10.2 Å². The van der Waals surface area contributed by atoms with E-state index in [1.807, 2.05) is 42.6 Å². The van der Waals surface area contributed by atoms with Crippen LogP contribution >= 0.6 is 0 Å². The number of fused-ring (bicyclic) bond motifs is 2. The average molecular weight is 349 g/mol. The molecule has 0 aromatic heterocycles. The quantitative estimate of drug-likeness (QED) is 0.636. The zero-order valence-electron chi connectivity index (χ0n) is 14.5. The standard InChI is InChI=1S/C21H23N3O2/c25-21(23-16-9-5-2-6-10-16)24-22-14-18-17(19-11-12-20(18)26-19)13-15-7-3-1-4-8-15/h1-10,14,17-20H,11-13H2,(H2,23,24,25)/t17-,18+,19-,20-/m1/s1. The summed E-state index contributed by atoms with van der Waals surface area (Å²) in [5.74, 6) is 0.657. The van der Waals surface area contributed by atoms with E-state index in [0.29, 0.717) is 12.0 Å². The molecule has 5 nitrogen and oxygen atoms in total. The Morgan fingerprint density at radius 3 is 2.50 bits per heavy atom. The summed E-state index contributed by atoms with van der Waals surface area (Å²) in [6, 6.07) is 19.5. The molecular weight excluding hydrogens is 326 g/mol. The Morgan fingerprint density at radius 1 is 1.04 bits per heavy atom. The number of urea groups is 1. The Kier molecular flexibility index (Phi) is 4.97. The van der Waals surface area contributed by atoms with Crippen molar-refractivity contribution in [3.05, 3.63) is 66.2 Å². The molecule has 134 valence electrons. The fourth-order valence-corrected chi connectivity index (χ4v) is 4.03. The fraction of sp³-hybridized carbons (Fsp3) is 0.333. The number of benzene rings is 2. The van der Waals surface area contributed by atoms with Gasteiger partial charge in [0.1, 0.15) is 0 Å². The van der Waals surface area contributed by atoms with Crippen molar-refractivity contribution < 1.29 is 9.53 Å². The van der Waals surface area contributed by atoms with Crippen LogP contribution in [0.2, 0.25) is 0 Å². The molecule has 0 aliphatic carbocycles. The van der Waals surface area contributed by atoms with Crippen LogP contribution in [0.5, 0.6) is 0 Å². The van der Waals surface area contributed by atoms with Crippen LogP contribution in [0.4, 0.5) is 10.5 Å². The van der Waals surface area contributed by atoms with E-state index in [0.717, 1.165) is 24.9 Å². The predicted octanol–water partition coefficient (Wildman–Crippen LogP) is 3.83. The van der Waals surface area contributed by atoms with Crippen LogP contribution in [0.15, 0.2) is 65.8 Å². The van der Waals surface area contributed by atoms with Crippen molar-refractivity contribution in [1.82, 2.24) is 5.43 Å². The number of rotatable bonds is 5. The highest BCUT2D eigenvalue weighted by Crippen LogP contribution is 2.44. The second-order valence-corrected chi connectivity index (χ2v) is 6.93. The second kappa shape index (κ2) is 7.70. The maximum atomic E-state index is 12.0. The van der Waals surface area contributed by atoms with Gasteiger partial charge in [0, 0.05) is 17.8 Å². The van der Waals surface area contributed by atoms with Gasteiger partial charge in [-0.3, -0.25) is 0 Å². The minimum atomic E-state index is -0.337. The molecule has 2 aliphatic heterocycles. The first-order valence-electron chi connectivity index (χ1n) is 9.14. The van der Waals surface area contributed by atoms with Gasteiger partial charge in [-0.15, -0.1) is 0 Å². The van der Waals surface area contributed by atoms with Gasteiger partial charge >= 0.3 is 6.03 Å². The predicted molar refractivity (Wildman–Crippen MR) is 102 cm³/mol. The van der Waals surface area contributed by atoms with Crippen LogP contribution in [0, 0.1) is 11.8 Å². The van der Waals surface area contributed by atoms with Crippen molar-refractivity contribution in [3.8, 4) is 0 Å². The second-order valence-electron chi connectivity index (χ2n) is 6.93. The van der Waals surface area contributed by atoms with Crippen molar-refractivity contribution in [3.63, 3.8) is 0 Å². The molecule has 2 aromatic rings. The van der Waals surface area contributed by atoms with E-state index < -0.39 is 0 Å². The Hall–Kier alpha value is -2.66. The molecule has 0 unspecified atom stereocenters. The molecule has 2 fully saturated rings. The summed E-state index contributed by atoms with van der Waals surface area (Å²) in [5, 5.41) is 6.95. The van der Waals surface area contributed by atoms with Crippen LogP contribution in [-0.4, -0.2) is 24.5 Å². The molecule has 4 atom stereocenters. The highest BCUT2D eigenvalue weighted by Gasteiger charge is 2.47. The number of carbonyl (C=O) groups is 1. The molecule has 4 rings (SSSR count). The van der Waals surface area contributed by atoms with E-state index in [9.17, 15) is 4.79 Å². The van der Waals surface area contributed by atoms with Gasteiger partial charge in [-0.1, -0.05) is 48.5 Å². The maximum Gasteiger partial charge on any atom is 0.339 e. The lowest BCUT2D eigenvalue weighted by Crippen LogP contribution is -2.31. The van der Waals surface area contributed by atoms with Crippen LogP contribution in [0.25, 0.3) is 0 Å². The lowest BCUT2D eigenvalue weighted by molar-refractivity contribution is 0.0906. The lowest BCUT2D eigenvalue weighted by atomic mass is 9.77. The monoisotopic (exact) mass is 349 g/mol. The number of nitrogens with zero attached hydrogens (tertiary/aromatic N) is 1. The van der Waals surface area contributed by atoms with E-state index in [1.165, 1.54) is 5.56 Å². The highest BCUT2D eigenvalue weighted by atomic mass is 16.5. The fourth-order valence-electron chi connectivity index (χ4n) is 4.03. The van der Waals surface area contributed by atoms with Crippen molar-refractivity contribution in [2.75, 3.05) is 5.32 Å². The molecule has 0 saturated carbocycles. The van der Waals surface area contributed by atoms with E-state index in [-0.39, 0.29) is 18.1 Å². The SMILES string of the molecule is O=C(NN=C[C@H]1[C@@H](Cc2ccccc2)[C@H]2CC[C@H]1O2)Nc1ccccc1. The van der Waals surface area contributed by atoms with Gasteiger partial charge < -0.3 is 10.1 Å². The first kappa shape index (κ1) is 16.8. The van der Waals surface area contributed by atoms with Gasteiger partial charge in [-0.05, 0) is 42.9 Å². The average Bonchev–Trinajstić information content (AvgIpc) is 3.26. The number of amides is 2. The number of hydrogen-bond acceptors (Lipinski definition) is 3. The summed E-state index contributed by atoms with van der Waals surface area (Å²) in [6.45, 7) is 0. The molecule has 2 aliphatic rings. The van der Waals surface area contributed by atoms with Gasteiger partial charge in [0.25, 0.3) is 0 Å². The number of hydrazone groups is 1. The summed E-state index contributed by atoms with van der Waals surface area (Å²) in [4.78, 5) is 12.0. The molecule has 2 heterocycles. The van der Waals surface area contributed by atoms with Crippen molar-refractivity contribution in [2.45, 2.75) is 31.5 Å². The summed E-state index contributed by atoms with van der Waals surface area (Å²) >= 11 is 0. The van der Waals surface area contributed by atoms with Crippen LogP contribution < -0.4 is 10.7 Å². The molecule has 2 aromatic carbocycles. The molecule has 0 spiro atoms. The third-order valence-corrected chi connectivity index (χ3v) is 5.25. The van der Waals surface area contributed by atoms with Crippen LogP contribution in [-0.2, 0) is 11.2 Å². The van der Waals surface area contributed by atoms with Crippen LogP contribution in [0.1, 0.15) is 18.4 Å². The topological polar surface area (TPSA) is 62.7 Å². The minimum absolute atomic E-state index is 0.219. The highest BCUT2D eigenvalue weighted by molar-refractivity contribution is 5.89. The first-order chi connectivity index (χ1) is 12.8.